The number of carbonyl (C=O) groups is 1. The van der Waals surface area contributed by atoms with Crippen molar-refractivity contribution < 1.29 is 4.79 Å². The summed E-state index contributed by atoms with van der Waals surface area (Å²) in [4.78, 5) is 10.8. The maximum atomic E-state index is 10.8. The molecule has 0 aromatic carbocycles. The van der Waals surface area contributed by atoms with Crippen molar-refractivity contribution in [1.29, 1.82) is 0 Å². The number of hydrogen-bond donors (Lipinski definition) is 0. The molecule has 0 aliphatic carbocycles. The van der Waals surface area contributed by atoms with Crippen molar-refractivity contribution in [2.75, 3.05) is 0 Å². The summed E-state index contributed by atoms with van der Waals surface area (Å²) in [5.74, 6) is 0.250. The van der Waals surface area contributed by atoms with E-state index in [1.807, 2.05) is 0 Å². The van der Waals surface area contributed by atoms with Gasteiger partial charge >= 0.3 is 0 Å². The molecule has 1 nitrogen and oxygen atoms in total. The summed E-state index contributed by atoms with van der Waals surface area (Å²) in [7, 11) is 0. The van der Waals surface area contributed by atoms with Gasteiger partial charge in [-0.1, -0.05) is 26.7 Å². The second kappa shape index (κ2) is 5.90. The fourth-order valence-corrected chi connectivity index (χ4v) is 1.48. The van der Waals surface area contributed by atoms with Crippen molar-refractivity contribution in [2.24, 2.45) is 5.92 Å². The standard InChI is InChI=1S/C8H15BrO/c1-3-5-6-7(4-2)8(9)10/h7H,3-6H2,1-2H3/t7-/m1/s1. The van der Waals surface area contributed by atoms with E-state index in [2.05, 4.69) is 29.8 Å². The molecule has 0 amide bonds. The van der Waals surface area contributed by atoms with Gasteiger partial charge in [-0.2, -0.15) is 0 Å². The van der Waals surface area contributed by atoms with Crippen molar-refractivity contribution in [3.8, 4) is 0 Å². The lowest BCUT2D eigenvalue weighted by molar-refractivity contribution is -0.114. The van der Waals surface area contributed by atoms with Gasteiger partial charge in [0.15, 0.2) is 0 Å². The van der Waals surface area contributed by atoms with Crippen LogP contribution in [0.4, 0.5) is 0 Å². The highest BCUT2D eigenvalue weighted by Crippen LogP contribution is 2.15. The van der Waals surface area contributed by atoms with Gasteiger partial charge in [0.2, 0.25) is 4.69 Å². The highest BCUT2D eigenvalue weighted by Gasteiger charge is 2.11. The Bertz CT molecular complexity index is 101. The molecular weight excluding hydrogens is 192 g/mol. The molecular formula is C8H15BrO. The van der Waals surface area contributed by atoms with E-state index in [-0.39, 0.29) is 10.6 Å². The first-order valence-electron chi connectivity index (χ1n) is 3.91. The fourth-order valence-electron chi connectivity index (χ4n) is 0.929. The van der Waals surface area contributed by atoms with Gasteiger partial charge in [-0.3, -0.25) is 4.79 Å². The highest BCUT2D eigenvalue weighted by molar-refractivity contribution is 9.18. The van der Waals surface area contributed by atoms with Gasteiger partial charge in [0.25, 0.3) is 0 Å². The van der Waals surface area contributed by atoms with Gasteiger partial charge in [0.1, 0.15) is 0 Å². The summed E-state index contributed by atoms with van der Waals surface area (Å²) in [5, 5.41) is 0. The largest absolute Gasteiger partial charge is 0.286 e. The lowest BCUT2D eigenvalue weighted by atomic mass is 10.0. The molecule has 0 bridgehead atoms. The van der Waals surface area contributed by atoms with Gasteiger partial charge < -0.3 is 0 Å². The molecule has 0 aliphatic rings. The zero-order chi connectivity index (χ0) is 7.98. The van der Waals surface area contributed by atoms with Crippen molar-refractivity contribution in [2.45, 2.75) is 39.5 Å². The third-order valence-corrected chi connectivity index (χ3v) is 2.37. The molecule has 0 N–H and O–H groups in total. The van der Waals surface area contributed by atoms with Gasteiger partial charge in [-0.05, 0) is 28.8 Å². The van der Waals surface area contributed by atoms with Crippen LogP contribution in [0.25, 0.3) is 0 Å². The van der Waals surface area contributed by atoms with E-state index >= 15 is 0 Å². The van der Waals surface area contributed by atoms with Gasteiger partial charge in [0.05, 0.1) is 0 Å². The Kier molecular flexibility index (Phi) is 5.99. The quantitative estimate of drug-likeness (QED) is 0.633. The van der Waals surface area contributed by atoms with Crippen LogP contribution >= 0.6 is 15.9 Å². The number of halogens is 1. The number of carbonyl (C=O) groups excluding carboxylic acids is 1. The predicted octanol–water partition coefficient (Wildman–Crippen LogP) is 3.12. The predicted molar refractivity (Wildman–Crippen MR) is 47.2 cm³/mol. The molecule has 2 heteroatoms. The van der Waals surface area contributed by atoms with Crippen molar-refractivity contribution in [3.63, 3.8) is 0 Å². The molecule has 10 heavy (non-hydrogen) atoms. The summed E-state index contributed by atoms with van der Waals surface area (Å²) in [6, 6.07) is 0. The second-order valence-electron chi connectivity index (χ2n) is 2.55. The monoisotopic (exact) mass is 206 g/mol. The van der Waals surface area contributed by atoms with Crippen molar-refractivity contribution in [1.82, 2.24) is 0 Å². The summed E-state index contributed by atoms with van der Waals surface area (Å²) in [6.45, 7) is 4.20. The van der Waals surface area contributed by atoms with E-state index in [9.17, 15) is 4.79 Å². The van der Waals surface area contributed by atoms with Crippen LogP contribution in [-0.4, -0.2) is 4.69 Å². The number of hydrogen-bond acceptors (Lipinski definition) is 1. The summed E-state index contributed by atoms with van der Waals surface area (Å²) in [6.07, 6.45) is 4.34. The first kappa shape index (κ1) is 10.2. The second-order valence-corrected chi connectivity index (χ2v) is 3.33. The Morgan fingerprint density at radius 3 is 2.40 bits per heavy atom. The average Bonchev–Trinajstić information content (AvgIpc) is 1.89. The van der Waals surface area contributed by atoms with Gasteiger partial charge in [0, 0.05) is 5.92 Å². The molecule has 1 atom stereocenters. The minimum absolute atomic E-state index is 0.170. The third kappa shape index (κ3) is 4.04. The molecule has 0 rings (SSSR count). The van der Waals surface area contributed by atoms with Crippen LogP contribution in [0, 0.1) is 5.92 Å². The lowest BCUT2D eigenvalue weighted by Crippen LogP contribution is -2.06. The molecule has 0 saturated carbocycles. The van der Waals surface area contributed by atoms with E-state index < -0.39 is 0 Å². The SMILES string of the molecule is CCCC[C@@H](CC)C(=O)Br. The van der Waals surface area contributed by atoms with Crippen LogP contribution in [0.3, 0.4) is 0 Å². The molecule has 0 heterocycles. The number of unbranched alkanes of at least 4 members (excludes halogenated alkanes) is 1. The van der Waals surface area contributed by atoms with Crippen LogP contribution in [0.1, 0.15) is 39.5 Å². The lowest BCUT2D eigenvalue weighted by Gasteiger charge is -2.07. The van der Waals surface area contributed by atoms with E-state index in [0.717, 1.165) is 19.3 Å². The molecule has 0 aromatic rings. The van der Waals surface area contributed by atoms with E-state index in [1.165, 1.54) is 6.42 Å². The summed E-state index contributed by atoms with van der Waals surface area (Å²) < 4.78 is 0.170. The smallest absolute Gasteiger partial charge is 0.200 e. The normalized spacial score (nSPS) is 13.1. The first-order valence-corrected chi connectivity index (χ1v) is 4.71. The van der Waals surface area contributed by atoms with Crippen molar-refractivity contribution >= 4 is 20.6 Å². The molecule has 0 fully saturated rings. The average molecular weight is 207 g/mol. The Morgan fingerprint density at radius 1 is 1.50 bits per heavy atom. The van der Waals surface area contributed by atoms with Crippen LogP contribution in [0.15, 0.2) is 0 Å². The van der Waals surface area contributed by atoms with Crippen molar-refractivity contribution in [3.05, 3.63) is 0 Å². The summed E-state index contributed by atoms with van der Waals surface area (Å²) in [5.41, 5.74) is 0. The van der Waals surface area contributed by atoms with Gasteiger partial charge in [-0.25, -0.2) is 0 Å². The number of rotatable bonds is 5. The molecule has 0 saturated heterocycles. The van der Waals surface area contributed by atoms with Crippen LogP contribution in [0.2, 0.25) is 0 Å². The molecule has 0 radical (unpaired) electrons. The minimum atomic E-state index is 0.170. The molecule has 0 spiro atoms. The van der Waals surface area contributed by atoms with Gasteiger partial charge in [-0.15, -0.1) is 0 Å². The minimum Gasteiger partial charge on any atom is -0.286 e. The molecule has 0 aromatic heterocycles. The maximum Gasteiger partial charge on any atom is 0.200 e. The maximum absolute atomic E-state index is 10.8. The molecule has 0 unspecified atom stereocenters. The topological polar surface area (TPSA) is 17.1 Å². The highest BCUT2D eigenvalue weighted by atomic mass is 79.9. The van der Waals surface area contributed by atoms with E-state index in [0.29, 0.717) is 0 Å². The zero-order valence-electron chi connectivity index (χ0n) is 6.69. The Morgan fingerprint density at radius 2 is 2.10 bits per heavy atom. The molecule has 0 aliphatic heterocycles. The Labute approximate surface area is 71.3 Å². The first-order chi connectivity index (χ1) is 4.72. The Hall–Kier alpha value is 0.150. The molecule has 60 valence electrons. The van der Waals surface area contributed by atoms with E-state index in [1.54, 1.807) is 0 Å². The van der Waals surface area contributed by atoms with Crippen LogP contribution < -0.4 is 0 Å². The van der Waals surface area contributed by atoms with Crippen LogP contribution in [-0.2, 0) is 4.79 Å². The van der Waals surface area contributed by atoms with E-state index in [4.69, 9.17) is 0 Å². The Balaban J connectivity index is 3.50. The third-order valence-electron chi connectivity index (χ3n) is 1.72. The fraction of sp³-hybridized carbons (Fsp3) is 0.875. The van der Waals surface area contributed by atoms with Crippen LogP contribution in [0.5, 0.6) is 0 Å². The zero-order valence-corrected chi connectivity index (χ0v) is 8.28. The summed E-state index contributed by atoms with van der Waals surface area (Å²) >= 11 is 2.99.